The predicted molar refractivity (Wildman–Crippen MR) is 78.4 cm³/mol. The smallest absolute Gasteiger partial charge is 0.228 e. The summed E-state index contributed by atoms with van der Waals surface area (Å²) in [6.07, 6.45) is 0.318. The van der Waals surface area contributed by atoms with Crippen molar-refractivity contribution in [3.05, 3.63) is 63.7 Å². The molecule has 100 valence electrons. The van der Waals surface area contributed by atoms with Crippen molar-refractivity contribution < 1.29 is 9.59 Å². The van der Waals surface area contributed by atoms with Gasteiger partial charge >= 0.3 is 0 Å². The maximum Gasteiger partial charge on any atom is 0.228 e. The van der Waals surface area contributed by atoms with E-state index < -0.39 is 0 Å². The van der Waals surface area contributed by atoms with E-state index in [1.807, 2.05) is 13.0 Å². The average Bonchev–Trinajstić information content (AvgIpc) is 2.77. The molecule has 0 spiro atoms. The molecule has 0 aromatic heterocycles. The summed E-state index contributed by atoms with van der Waals surface area (Å²) in [4.78, 5) is 23.8. The predicted octanol–water partition coefficient (Wildman–Crippen LogP) is 3.37. The van der Waals surface area contributed by atoms with Crippen LogP contribution in [0.15, 0.2) is 36.4 Å². The molecule has 0 radical (unpaired) electrons. The van der Waals surface area contributed by atoms with Crippen LogP contribution in [-0.4, -0.2) is 11.7 Å². The highest BCUT2D eigenvalue weighted by Crippen LogP contribution is 2.26. The maximum atomic E-state index is 12.5. The first kappa shape index (κ1) is 12.9. The van der Waals surface area contributed by atoms with Gasteiger partial charge in [-0.25, -0.2) is 0 Å². The average molecular weight is 286 g/mol. The van der Waals surface area contributed by atoms with E-state index in [2.05, 4.69) is 5.32 Å². The zero-order chi connectivity index (χ0) is 14.3. The number of nitrogens with one attached hydrogen (secondary N) is 1. The Morgan fingerprint density at radius 2 is 2.00 bits per heavy atom. The first-order chi connectivity index (χ1) is 9.54. The molecule has 0 bridgehead atoms. The molecule has 0 saturated heterocycles. The maximum absolute atomic E-state index is 12.5. The van der Waals surface area contributed by atoms with E-state index in [-0.39, 0.29) is 11.7 Å². The second kappa shape index (κ2) is 4.76. The van der Waals surface area contributed by atoms with Crippen LogP contribution in [0, 0.1) is 6.92 Å². The van der Waals surface area contributed by atoms with Gasteiger partial charge < -0.3 is 5.32 Å². The van der Waals surface area contributed by atoms with Gasteiger partial charge in [0.1, 0.15) is 0 Å². The Labute approximate surface area is 121 Å². The van der Waals surface area contributed by atoms with Crippen molar-refractivity contribution >= 4 is 29.0 Å². The number of aryl methyl sites for hydroxylation is 1. The number of hydrogen-bond acceptors (Lipinski definition) is 2. The molecule has 1 heterocycles. The summed E-state index contributed by atoms with van der Waals surface area (Å²) >= 11 is 6.13. The van der Waals surface area contributed by atoms with Crippen LogP contribution < -0.4 is 5.32 Å². The second-order valence-electron chi connectivity index (χ2n) is 4.91. The summed E-state index contributed by atoms with van der Waals surface area (Å²) in [6.45, 7) is 1.92. The zero-order valence-electron chi connectivity index (χ0n) is 10.9. The van der Waals surface area contributed by atoms with Gasteiger partial charge in [0.05, 0.1) is 11.4 Å². The molecule has 4 heteroatoms. The lowest BCUT2D eigenvalue weighted by Crippen LogP contribution is -2.03. The Balaban J connectivity index is 1.99. The van der Waals surface area contributed by atoms with Crippen LogP contribution in [0.1, 0.15) is 27.0 Å². The molecule has 3 nitrogen and oxygen atoms in total. The molecule has 20 heavy (non-hydrogen) atoms. The lowest BCUT2D eigenvalue weighted by molar-refractivity contribution is -0.115. The van der Waals surface area contributed by atoms with E-state index in [4.69, 9.17) is 11.6 Å². The summed E-state index contributed by atoms with van der Waals surface area (Å²) in [5, 5.41) is 3.19. The number of halogens is 1. The SMILES string of the molecule is Cc1ccc(C(=O)c2ccc3c(c2)CC(=O)N3)c(Cl)c1. The van der Waals surface area contributed by atoms with Crippen LogP contribution in [0.2, 0.25) is 5.02 Å². The van der Waals surface area contributed by atoms with Crippen molar-refractivity contribution in [2.75, 3.05) is 5.32 Å². The Morgan fingerprint density at radius 1 is 1.20 bits per heavy atom. The van der Waals surface area contributed by atoms with Crippen molar-refractivity contribution in [2.45, 2.75) is 13.3 Å². The number of ketones is 1. The summed E-state index contributed by atoms with van der Waals surface area (Å²) in [7, 11) is 0. The van der Waals surface area contributed by atoms with Gasteiger partial charge in [-0.3, -0.25) is 9.59 Å². The highest BCUT2D eigenvalue weighted by atomic mass is 35.5. The Hall–Kier alpha value is -2.13. The largest absolute Gasteiger partial charge is 0.326 e. The van der Waals surface area contributed by atoms with Crippen LogP contribution >= 0.6 is 11.6 Å². The van der Waals surface area contributed by atoms with E-state index in [1.54, 1.807) is 30.3 Å². The van der Waals surface area contributed by atoms with Crippen LogP contribution in [0.3, 0.4) is 0 Å². The standard InChI is InChI=1S/C16H12ClNO2/c1-9-2-4-12(13(17)6-9)16(20)10-3-5-14-11(7-10)8-15(19)18-14/h2-7H,8H2,1H3,(H,18,19). The van der Waals surface area contributed by atoms with Gasteiger partial charge in [0.25, 0.3) is 0 Å². The number of carbonyl (C=O) groups excluding carboxylic acids is 2. The van der Waals surface area contributed by atoms with Crippen LogP contribution in [-0.2, 0) is 11.2 Å². The van der Waals surface area contributed by atoms with E-state index in [1.165, 1.54) is 0 Å². The molecule has 1 aliphatic heterocycles. The fourth-order valence-corrected chi connectivity index (χ4v) is 2.65. The summed E-state index contributed by atoms with van der Waals surface area (Å²) in [5.74, 6) is -0.171. The van der Waals surface area contributed by atoms with Crippen molar-refractivity contribution in [1.82, 2.24) is 0 Å². The summed E-state index contributed by atoms with van der Waals surface area (Å²) < 4.78 is 0. The molecule has 0 aliphatic carbocycles. The van der Waals surface area contributed by atoms with E-state index >= 15 is 0 Å². The van der Waals surface area contributed by atoms with Crippen LogP contribution in [0.25, 0.3) is 0 Å². The molecule has 1 N–H and O–H groups in total. The van der Waals surface area contributed by atoms with Gasteiger partial charge in [-0.2, -0.15) is 0 Å². The first-order valence-electron chi connectivity index (χ1n) is 6.28. The lowest BCUT2D eigenvalue weighted by atomic mass is 9.99. The minimum Gasteiger partial charge on any atom is -0.326 e. The Bertz CT molecular complexity index is 737. The number of anilines is 1. The summed E-state index contributed by atoms with van der Waals surface area (Å²) in [5.41, 5.74) is 3.67. The third kappa shape index (κ3) is 2.21. The minimum absolute atomic E-state index is 0.0435. The third-order valence-corrected chi connectivity index (χ3v) is 3.67. The van der Waals surface area contributed by atoms with Gasteiger partial charge in [-0.05, 0) is 48.4 Å². The molecule has 3 rings (SSSR count). The van der Waals surface area contributed by atoms with Crippen LogP contribution in [0.4, 0.5) is 5.69 Å². The van der Waals surface area contributed by atoms with Gasteiger partial charge in [0.15, 0.2) is 5.78 Å². The van der Waals surface area contributed by atoms with Gasteiger partial charge in [0, 0.05) is 16.8 Å². The molecule has 0 unspecified atom stereocenters. The van der Waals surface area contributed by atoms with Crippen molar-refractivity contribution in [1.29, 1.82) is 0 Å². The van der Waals surface area contributed by atoms with E-state index in [0.29, 0.717) is 22.6 Å². The number of rotatable bonds is 2. The highest BCUT2D eigenvalue weighted by molar-refractivity contribution is 6.35. The lowest BCUT2D eigenvalue weighted by Gasteiger charge is -2.06. The number of amides is 1. The first-order valence-corrected chi connectivity index (χ1v) is 6.66. The quantitative estimate of drug-likeness (QED) is 0.860. The van der Waals surface area contributed by atoms with E-state index in [9.17, 15) is 9.59 Å². The molecule has 0 atom stereocenters. The molecule has 0 fully saturated rings. The molecule has 2 aromatic carbocycles. The van der Waals surface area contributed by atoms with Crippen molar-refractivity contribution in [2.24, 2.45) is 0 Å². The van der Waals surface area contributed by atoms with E-state index in [0.717, 1.165) is 16.8 Å². The number of fused-ring (bicyclic) bond motifs is 1. The number of hydrogen-bond donors (Lipinski definition) is 1. The normalized spacial score (nSPS) is 13.0. The molecule has 0 saturated carbocycles. The summed E-state index contributed by atoms with van der Waals surface area (Å²) in [6, 6.07) is 10.6. The Morgan fingerprint density at radius 3 is 2.75 bits per heavy atom. The fraction of sp³-hybridized carbons (Fsp3) is 0.125. The van der Waals surface area contributed by atoms with Crippen LogP contribution in [0.5, 0.6) is 0 Å². The second-order valence-corrected chi connectivity index (χ2v) is 5.32. The van der Waals surface area contributed by atoms with Crippen molar-refractivity contribution in [3.63, 3.8) is 0 Å². The topological polar surface area (TPSA) is 46.2 Å². The zero-order valence-corrected chi connectivity index (χ0v) is 11.6. The molecular formula is C16H12ClNO2. The molecule has 1 amide bonds. The fourth-order valence-electron chi connectivity index (χ4n) is 2.33. The Kier molecular flexibility index (Phi) is 3.07. The molecule has 2 aromatic rings. The number of carbonyl (C=O) groups is 2. The highest BCUT2D eigenvalue weighted by Gasteiger charge is 2.20. The van der Waals surface area contributed by atoms with Gasteiger partial charge in [0.2, 0.25) is 5.91 Å². The number of benzene rings is 2. The van der Waals surface area contributed by atoms with Crippen molar-refractivity contribution in [3.8, 4) is 0 Å². The monoisotopic (exact) mass is 285 g/mol. The molecular weight excluding hydrogens is 274 g/mol. The minimum atomic E-state index is -0.128. The van der Waals surface area contributed by atoms with Gasteiger partial charge in [-0.1, -0.05) is 17.7 Å². The van der Waals surface area contributed by atoms with Gasteiger partial charge in [-0.15, -0.1) is 0 Å². The third-order valence-electron chi connectivity index (χ3n) is 3.36. The molecule has 1 aliphatic rings.